The van der Waals surface area contributed by atoms with E-state index in [4.69, 9.17) is 0 Å². The third kappa shape index (κ3) is 4.97. The number of alkyl halides is 3. The number of hydrogen-bond donors (Lipinski definition) is 1. The monoisotopic (exact) mass is 498 g/mol. The molecule has 2 aromatic heterocycles. The van der Waals surface area contributed by atoms with Crippen LogP contribution in [-0.4, -0.2) is 48.1 Å². The third-order valence-corrected chi connectivity index (χ3v) is 8.44. The molecule has 1 aliphatic rings. The summed E-state index contributed by atoms with van der Waals surface area (Å²) in [7, 11) is -3.58. The van der Waals surface area contributed by atoms with Crippen LogP contribution in [-0.2, 0) is 16.2 Å². The summed E-state index contributed by atoms with van der Waals surface area (Å²) in [6.45, 7) is 2.33. The molecule has 0 aliphatic carbocycles. The van der Waals surface area contributed by atoms with Crippen molar-refractivity contribution in [3.8, 4) is 5.69 Å². The molecular weight excluding hydrogens is 477 g/mol. The number of aromatic nitrogens is 2. The molecule has 1 amide bonds. The van der Waals surface area contributed by atoms with Crippen molar-refractivity contribution >= 4 is 27.3 Å². The number of nitrogens with zero attached hydrogens (tertiary/aromatic N) is 3. The number of amides is 1. The van der Waals surface area contributed by atoms with E-state index in [9.17, 15) is 26.4 Å². The number of hydrogen-bond acceptors (Lipinski definition) is 5. The Balaban J connectivity index is 1.44. The maximum Gasteiger partial charge on any atom is 0.416 e. The van der Waals surface area contributed by atoms with Crippen molar-refractivity contribution in [2.24, 2.45) is 0 Å². The summed E-state index contributed by atoms with van der Waals surface area (Å²) >= 11 is 1.14. The first kappa shape index (κ1) is 23.5. The van der Waals surface area contributed by atoms with Crippen LogP contribution in [0, 0.1) is 6.92 Å². The van der Waals surface area contributed by atoms with Gasteiger partial charge in [-0.3, -0.25) is 4.79 Å². The average molecular weight is 499 g/mol. The lowest BCUT2D eigenvalue weighted by molar-refractivity contribution is -0.137. The van der Waals surface area contributed by atoms with E-state index in [1.165, 1.54) is 29.1 Å². The van der Waals surface area contributed by atoms with Gasteiger partial charge in [0.1, 0.15) is 4.21 Å². The number of rotatable bonds is 5. The van der Waals surface area contributed by atoms with E-state index in [0.717, 1.165) is 23.5 Å². The fraction of sp³-hybridized carbons (Fsp3) is 0.333. The number of benzene rings is 1. The van der Waals surface area contributed by atoms with Gasteiger partial charge >= 0.3 is 6.18 Å². The molecule has 3 aromatic rings. The Labute approximate surface area is 192 Å². The molecule has 176 valence electrons. The number of thiophene rings is 1. The number of nitrogens with one attached hydrogen (secondary N) is 1. The van der Waals surface area contributed by atoms with Crippen molar-refractivity contribution in [2.75, 3.05) is 13.1 Å². The largest absolute Gasteiger partial charge is 0.416 e. The third-order valence-electron chi connectivity index (χ3n) is 5.52. The van der Waals surface area contributed by atoms with Gasteiger partial charge in [-0.2, -0.15) is 18.3 Å². The summed E-state index contributed by atoms with van der Waals surface area (Å²) in [6.07, 6.45) is -2.22. The van der Waals surface area contributed by atoms with Gasteiger partial charge in [-0.15, -0.1) is 11.3 Å². The average Bonchev–Trinajstić information content (AvgIpc) is 3.44. The Morgan fingerprint density at radius 3 is 2.55 bits per heavy atom. The zero-order chi connectivity index (χ0) is 23.8. The van der Waals surface area contributed by atoms with E-state index < -0.39 is 21.8 Å². The number of likely N-dealkylation sites (tertiary alicyclic amines) is 1. The first-order valence-corrected chi connectivity index (χ1v) is 12.5. The summed E-state index contributed by atoms with van der Waals surface area (Å²) in [5.74, 6) is -0.287. The minimum atomic E-state index is -4.48. The van der Waals surface area contributed by atoms with Crippen molar-refractivity contribution in [3.05, 3.63) is 64.8 Å². The Kier molecular flexibility index (Phi) is 6.34. The minimum absolute atomic E-state index is 0.211. The lowest BCUT2D eigenvalue weighted by Gasteiger charge is -2.32. The molecule has 1 N–H and O–H groups in total. The standard InChI is InChI=1S/C21H21F3N4O3S2/c1-14-18(13-25-28(14)17-5-2-4-15(12-17)21(22,23)24)20(29)27-9-7-16(8-10-27)26-33(30,31)19-6-3-11-32-19/h2-6,11-13,16,26H,7-10H2,1H3. The van der Waals surface area contributed by atoms with Crippen LogP contribution in [0.25, 0.3) is 5.69 Å². The molecule has 1 aromatic carbocycles. The second-order valence-corrected chi connectivity index (χ2v) is 10.6. The van der Waals surface area contributed by atoms with Crippen LogP contribution in [0.5, 0.6) is 0 Å². The summed E-state index contributed by atoms with van der Waals surface area (Å²) in [5, 5.41) is 5.82. The molecule has 1 fully saturated rings. The fourth-order valence-corrected chi connectivity index (χ4v) is 6.07. The van der Waals surface area contributed by atoms with Crippen LogP contribution in [0.1, 0.15) is 34.5 Å². The van der Waals surface area contributed by atoms with Crippen molar-refractivity contribution in [1.29, 1.82) is 0 Å². The van der Waals surface area contributed by atoms with E-state index in [1.807, 2.05) is 0 Å². The smallest absolute Gasteiger partial charge is 0.338 e. The number of carbonyl (C=O) groups excluding carboxylic acids is 1. The zero-order valence-electron chi connectivity index (χ0n) is 17.5. The van der Waals surface area contributed by atoms with Crippen molar-refractivity contribution in [3.63, 3.8) is 0 Å². The molecule has 0 saturated carbocycles. The molecule has 3 heterocycles. The maximum absolute atomic E-state index is 13.0. The maximum atomic E-state index is 13.0. The van der Waals surface area contributed by atoms with Gasteiger partial charge in [0.05, 0.1) is 28.7 Å². The van der Waals surface area contributed by atoms with E-state index in [1.54, 1.807) is 23.3 Å². The molecule has 33 heavy (non-hydrogen) atoms. The summed E-state index contributed by atoms with van der Waals surface area (Å²) in [4.78, 5) is 14.6. The summed E-state index contributed by atoms with van der Waals surface area (Å²) < 4.78 is 68.2. The number of halogens is 3. The van der Waals surface area contributed by atoms with Crippen LogP contribution in [0.3, 0.4) is 0 Å². The highest BCUT2D eigenvalue weighted by atomic mass is 32.2. The van der Waals surface area contributed by atoms with Crippen LogP contribution in [0.2, 0.25) is 0 Å². The molecule has 0 atom stereocenters. The number of carbonyl (C=O) groups is 1. The van der Waals surface area contributed by atoms with Gasteiger partial charge < -0.3 is 4.90 Å². The quantitative estimate of drug-likeness (QED) is 0.579. The van der Waals surface area contributed by atoms with Crippen LogP contribution >= 0.6 is 11.3 Å². The summed E-state index contributed by atoms with van der Waals surface area (Å²) in [5.41, 5.74) is 0.141. The number of piperidine rings is 1. The van der Waals surface area contributed by atoms with E-state index in [2.05, 4.69) is 9.82 Å². The Hall–Kier alpha value is -2.70. The molecule has 0 radical (unpaired) electrons. The Bertz CT molecular complexity index is 1250. The predicted octanol–water partition coefficient (Wildman–Crippen LogP) is 3.84. The predicted molar refractivity (Wildman–Crippen MR) is 117 cm³/mol. The van der Waals surface area contributed by atoms with Crippen LogP contribution in [0.4, 0.5) is 13.2 Å². The van der Waals surface area contributed by atoms with Gasteiger partial charge in [-0.05, 0) is 49.4 Å². The van der Waals surface area contributed by atoms with Gasteiger partial charge in [0.2, 0.25) is 10.0 Å². The van der Waals surface area contributed by atoms with Gasteiger partial charge in [0, 0.05) is 19.1 Å². The Morgan fingerprint density at radius 2 is 1.91 bits per heavy atom. The highest BCUT2D eigenvalue weighted by molar-refractivity contribution is 7.91. The summed E-state index contributed by atoms with van der Waals surface area (Å²) in [6, 6.07) is 7.68. The topological polar surface area (TPSA) is 84.3 Å². The van der Waals surface area contributed by atoms with Gasteiger partial charge in [-0.1, -0.05) is 12.1 Å². The van der Waals surface area contributed by atoms with Crippen LogP contribution in [0.15, 0.2) is 52.2 Å². The van der Waals surface area contributed by atoms with E-state index in [0.29, 0.717) is 37.2 Å². The second kappa shape index (κ2) is 8.92. The molecule has 4 rings (SSSR count). The Morgan fingerprint density at radius 1 is 1.18 bits per heavy atom. The highest BCUT2D eigenvalue weighted by Crippen LogP contribution is 2.30. The van der Waals surface area contributed by atoms with Crippen molar-refractivity contribution in [1.82, 2.24) is 19.4 Å². The molecule has 0 spiro atoms. The molecular formula is C21H21F3N4O3S2. The molecule has 0 bridgehead atoms. The fourth-order valence-electron chi connectivity index (χ4n) is 3.76. The minimum Gasteiger partial charge on any atom is -0.338 e. The second-order valence-electron chi connectivity index (χ2n) is 7.72. The SMILES string of the molecule is Cc1c(C(=O)N2CCC(NS(=O)(=O)c3cccs3)CC2)cnn1-c1cccc(C(F)(F)F)c1. The lowest BCUT2D eigenvalue weighted by atomic mass is 10.1. The van der Waals surface area contributed by atoms with Crippen LogP contribution < -0.4 is 4.72 Å². The normalized spacial score (nSPS) is 15.7. The van der Waals surface area contributed by atoms with E-state index >= 15 is 0 Å². The van der Waals surface area contributed by atoms with E-state index in [-0.39, 0.29) is 21.8 Å². The van der Waals surface area contributed by atoms with Gasteiger partial charge in [0.25, 0.3) is 5.91 Å². The molecule has 1 saturated heterocycles. The molecule has 12 heteroatoms. The van der Waals surface area contributed by atoms with Gasteiger partial charge in [0.15, 0.2) is 0 Å². The molecule has 0 unspecified atom stereocenters. The first-order valence-electron chi connectivity index (χ1n) is 10.1. The van der Waals surface area contributed by atoms with Crippen molar-refractivity contribution < 1.29 is 26.4 Å². The highest BCUT2D eigenvalue weighted by Gasteiger charge is 2.31. The lowest BCUT2D eigenvalue weighted by Crippen LogP contribution is -2.46. The first-order chi connectivity index (χ1) is 15.6. The van der Waals surface area contributed by atoms with Crippen molar-refractivity contribution in [2.45, 2.75) is 36.2 Å². The number of sulfonamides is 1. The zero-order valence-corrected chi connectivity index (χ0v) is 19.2. The molecule has 7 nitrogen and oxygen atoms in total. The van der Waals surface area contributed by atoms with Gasteiger partial charge in [-0.25, -0.2) is 17.8 Å². The molecule has 1 aliphatic heterocycles.